The summed E-state index contributed by atoms with van der Waals surface area (Å²) in [6, 6.07) is 9.40. The molecule has 0 spiro atoms. The van der Waals surface area contributed by atoms with Gasteiger partial charge in [-0.3, -0.25) is 4.79 Å². The summed E-state index contributed by atoms with van der Waals surface area (Å²) < 4.78 is 0.985. The van der Waals surface area contributed by atoms with Gasteiger partial charge in [0, 0.05) is 21.3 Å². The summed E-state index contributed by atoms with van der Waals surface area (Å²) in [7, 11) is 0. The van der Waals surface area contributed by atoms with E-state index < -0.39 is 0 Å². The number of fused-ring (bicyclic) bond motifs is 1. The van der Waals surface area contributed by atoms with Crippen molar-refractivity contribution in [1.82, 2.24) is 4.98 Å². The SMILES string of the molecule is O=c1ccc2c([nH]1)CCCC2Nc1cc(Cl)ccc1Br. The van der Waals surface area contributed by atoms with Crippen LogP contribution in [-0.4, -0.2) is 4.98 Å². The van der Waals surface area contributed by atoms with Crippen LogP contribution in [0.5, 0.6) is 0 Å². The van der Waals surface area contributed by atoms with E-state index in [0.717, 1.165) is 35.1 Å². The monoisotopic (exact) mass is 352 g/mol. The zero-order chi connectivity index (χ0) is 14.1. The van der Waals surface area contributed by atoms with Gasteiger partial charge >= 0.3 is 0 Å². The number of hydrogen-bond acceptors (Lipinski definition) is 2. The van der Waals surface area contributed by atoms with Gasteiger partial charge in [0.1, 0.15) is 0 Å². The molecule has 0 aliphatic heterocycles. The molecule has 2 N–H and O–H groups in total. The minimum Gasteiger partial charge on any atom is -0.377 e. The largest absolute Gasteiger partial charge is 0.377 e. The number of aromatic amines is 1. The van der Waals surface area contributed by atoms with Crippen LogP contribution in [0.4, 0.5) is 5.69 Å². The molecular formula is C15H14BrClN2O. The van der Waals surface area contributed by atoms with Crippen molar-refractivity contribution in [3.8, 4) is 0 Å². The molecule has 0 fully saturated rings. The van der Waals surface area contributed by atoms with Crippen LogP contribution in [0.15, 0.2) is 39.6 Å². The van der Waals surface area contributed by atoms with Crippen molar-refractivity contribution in [2.45, 2.75) is 25.3 Å². The number of anilines is 1. The molecule has 0 radical (unpaired) electrons. The molecule has 1 atom stereocenters. The molecule has 2 aromatic rings. The van der Waals surface area contributed by atoms with E-state index in [-0.39, 0.29) is 11.6 Å². The maximum absolute atomic E-state index is 11.4. The van der Waals surface area contributed by atoms with Crippen molar-refractivity contribution in [3.05, 3.63) is 61.4 Å². The van der Waals surface area contributed by atoms with Crippen molar-refractivity contribution < 1.29 is 0 Å². The zero-order valence-corrected chi connectivity index (χ0v) is 13.1. The van der Waals surface area contributed by atoms with E-state index in [4.69, 9.17) is 11.6 Å². The van der Waals surface area contributed by atoms with Crippen LogP contribution >= 0.6 is 27.5 Å². The Bertz CT molecular complexity index is 699. The minimum atomic E-state index is -0.0339. The van der Waals surface area contributed by atoms with Gasteiger partial charge in [0.2, 0.25) is 5.56 Å². The Morgan fingerprint density at radius 3 is 3.00 bits per heavy atom. The summed E-state index contributed by atoms with van der Waals surface area (Å²) in [5.41, 5.74) is 3.15. The van der Waals surface area contributed by atoms with E-state index in [1.54, 1.807) is 6.07 Å². The molecule has 5 heteroatoms. The van der Waals surface area contributed by atoms with Crippen molar-refractivity contribution in [3.63, 3.8) is 0 Å². The standard InChI is InChI=1S/C15H14BrClN2O/c16-11-6-4-9(17)8-14(11)18-12-2-1-3-13-10(12)5-7-15(20)19-13/h4-8,12,18H,1-3H2,(H,19,20). The third kappa shape index (κ3) is 2.76. The minimum absolute atomic E-state index is 0.0339. The topological polar surface area (TPSA) is 44.9 Å². The van der Waals surface area contributed by atoms with Crippen LogP contribution in [0.3, 0.4) is 0 Å². The highest BCUT2D eigenvalue weighted by Gasteiger charge is 2.21. The van der Waals surface area contributed by atoms with Gasteiger partial charge in [-0.15, -0.1) is 0 Å². The molecule has 1 aromatic carbocycles. The van der Waals surface area contributed by atoms with E-state index >= 15 is 0 Å². The van der Waals surface area contributed by atoms with E-state index in [9.17, 15) is 4.79 Å². The summed E-state index contributed by atoms with van der Waals surface area (Å²) >= 11 is 9.58. The number of halogens is 2. The van der Waals surface area contributed by atoms with Gasteiger partial charge in [-0.25, -0.2) is 0 Å². The van der Waals surface area contributed by atoms with Gasteiger partial charge in [-0.05, 0) is 65.0 Å². The first kappa shape index (κ1) is 13.7. The van der Waals surface area contributed by atoms with E-state index in [1.165, 1.54) is 5.56 Å². The number of aromatic nitrogens is 1. The Morgan fingerprint density at radius 2 is 2.15 bits per heavy atom. The number of pyridine rings is 1. The zero-order valence-electron chi connectivity index (χ0n) is 10.7. The lowest BCUT2D eigenvalue weighted by atomic mass is 9.91. The first-order valence-corrected chi connectivity index (χ1v) is 7.74. The third-order valence-corrected chi connectivity index (χ3v) is 4.52. The Hall–Kier alpha value is -1.26. The molecule has 3 nitrogen and oxygen atoms in total. The molecule has 20 heavy (non-hydrogen) atoms. The van der Waals surface area contributed by atoms with Crippen LogP contribution < -0.4 is 10.9 Å². The van der Waals surface area contributed by atoms with Crippen LogP contribution in [0, 0.1) is 0 Å². The molecule has 104 valence electrons. The summed E-state index contributed by atoms with van der Waals surface area (Å²) in [4.78, 5) is 14.3. The van der Waals surface area contributed by atoms with Crippen LogP contribution in [0.1, 0.15) is 30.1 Å². The molecule has 1 aromatic heterocycles. The number of benzene rings is 1. The van der Waals surface area contributed by atoms with Crippen molar-refractivity contribution in [1.29, 1.82) is 0 Å². The molecule has 1 aliphatic rings. The lowest BCUT2D eigenvalue weighted by Gasteiger charge is -2.27. The summed E-state index contributed by atoms with van der Waals surface area (Å²) in [6.45, 7) is 0. The maximum Gasteiger partial charge on any atom is 0.248 e. The van der Waals surface area contributed by atoms with Gasteiger partial charge in [0.15, 0.2) is 0 Å². The summed E-state index contributed by atoms with van der Waals surface area (Å²) in [6.07, 6.45) is 3.03. The average Bonchev–Trinajstić information content (AvgIpc) is 2.43. The molecule has 0 bridgehead atoms. The van der Waals surface area contributed by atoms with E-state index in [1.807, 2.05) is 24.3 Å². The molecule has 1 heterocycles. The number of aryl methyl sites for hydroxylation is 1. The second-order valence-electron chi connectivity index (χ2n) is 4.97. The molecule has 1 unspecified atom stereocenters. The lowest BCUT2D eigenvalue weighted by molar-refractivity contribution is 0.586. The van der Waals surface area contributed by atoms with Crippen molar-refractivity contribution in [2.24, 2.45) is 0 Å². The fourth-order valence-electron chi connectivity index (χ4n) is 2.65. The van der Waals surface area contributed by atoms with Gasteiger partial charge < -0.3 is 10.3 Å². The Balaban J connectivity index is 1.93. The van der Waals surface area contributed by atoms with Gasteiger partial charge in [0.25, 0.3) is 0 Å². The highest BCUT2D eigenvalue weighted by molar-refractivity contribution is 9.10. The van der Waals surface area contributed by atoms with Crippen molar-refractivity contribution in [2.75, 3.05) is 5.32 Å². The molecule has 0 saturated heterocycles. The molecule has 1 aliphatic carbocycles. The van der Waals surface area contributed by atoms with Gasteiger partial charge in [-0.2, -0.15) is 0 Å². The lowest BCUT2D eigenvalue weighted by Crippen LogP contribution is -2.21. The first-order valence-electron chi connectivity index (χ1n) is 6.57. The summed E-state index contributed by atoms with van der Waals surface area (Å²) in [5, 5.41) is 4.21. The van der Waals surface area contributed by atoms with Gasteiger partial charge in [-0.1, -0.05) is 11.6 Å². The van der Waals surface area contributed by atoms with E-state index in [0.29, 0.717) is 5.02 Å². The first-order chi connectivity index (χ1) is 9.63. The van der Waals surface area contributed by atoms with Crippen LogP contribution in [0.25, 0.3) is 0 Å². The molecule has 3 rings (SSSR count). The summed E-state index contributed by atoms with van der Waals surface area (Å²) in [5.74, 6) is 0. The highest BCUT2D eigenvalue weighted by atomic mass is 79.9. The Morgan fingerprint density at radius 1 is 1.30 bits per heavy atom. The average molecular weight is 354 g/mol. The molecular weight excluding hydrogens is 340 g/mol. The number of nitrogens with one attached hydrogen (secondary N) is 2. The van der Waals surface area contributed by atoms with Gasteiger partial charge in [0.05, 0.1) is 11.7 Å². The quantitative estimate of drug-likeness (QED) is 0.846. The predicted octanol–water partition coefficient (Wildman–Crippen LogP) is 4.28. The van der Waals surface area contributed by atoms with Crippen LogP contribution in [0.2, 0.25) is 5.02 Å². The fourth-order valence-corrected chi connectivity index (χ4v) is 3.18. The predicted molar refractivity (Wildman–Crippen MR) is 85.5 cm³/mol. The highest BCUT2D eigenvalue weighted by Crippen LogP contribution is 2.34. The fraction of sp³-hybridized carbons (Fsp3) is 0.267. The van der Waals surface area contributed by atoms with E-state index in [2.05, 4.69) is 26.2 Å². The number of H-pyrrole nitrogens is 1. The van der Waals surface area contributed by atoms with Crippen molar-refractivity contribution >= 4 is 33.2 Å². The Labute approximate surface area is 130 Å². The molecule has 0 amide bonds. The Kier molecular flexibility index (Phi) is 3.85. The second kappa shape index (κ2) is 5.62. The molecule has 0 saturated carbocycles. The van der Waals surface area contributed by atoms with Crippen LogP contribution in [-0.2, 0) is 6.42 Å². The normalized spacial score (nSPS) is 17.6. The number of rotatable bonds is 2. The number of hydrogen-bond donors (Lipinski definition) is 2. The maximum atomic E-state index is 11.4. The second-order valence-corrected chi connectivity index (χ2v) is 6.26. The third-order valence-electron chi connectivity index (χ3n) is 3.59. The smallest absolute Gasteiger partial charge is 0.248 e.